The van der Waals surface area contributed by atoms with Crippen molar-refractivity contribution in [2.45, 2.75) is 6.42 Å². The summed E-state index contributed by atoms with van der Waals surface area (Å²) >= 11 is 1.47. The SMILES string of the molecule is Cl.Nc1nnc(CCN2CCN(c3ncccn3)CC2)s1. The Kier molecular flexibility index (Phi) is 5.66. The number of nitrogens with two attached hydrogens (primary N) is 1. The molecule has 0 atom stereocenters. The Morgan fingerprint density at radius 2 is 1.81 bits per heavy atom. The normalized spacial score (nSPS) is 15.7. The Morgan fingerprint density at radius 1 is 1.10 bits per heavy atom. The van der Waals surface area contributed by atoms with Gasteiger partial charge in [0.05, 0.1) is 0 Å². The summed E-state index contributed by atoms with van der Waals surface area (Å²) in [4.78, 5) is 13.2. The number of nitrogens with zero attached hydrogens (tertiary/aromatic N) is 6. The third-order valence-electron chi connectivity index (χ3n) is 3.33. The van der Waals surface area contributed by atoms with Crippen molar-refractivity contribution in [2.75, 3.05) is 43.4 Å². The molecule has 0 aromatic carbocycles. The summed E-state index contributed by atoms with van der Waals surface area (Å²) in [6.07, 6.45) is 4.49. The van der Waals surface area contributed by atoms with Gasteiger partial charge in [0.25, 0.3) is 0 Å². The highest BCUT2D eigenvalue weighted by Crippen LogP contribution is 2.13. The van der Waals surface area contributed by atoms with Gasteiger partial charge in [-0.2, -0.15) is 0 Å². The van der Waals surface area contributed by atoms with Gasteiger partial charge in [0.1, 0.15) is 5.01 Å². The van der Waals surface area contributed by atoms with Crippen LogP contribution < -0.4 is 10.6 Å². The van der Waals surface area contributed by atoms with Gasteiger partial charge in [0.15, 0.2) is 0 Å². The summed E-state index contributed by atoms with van der Waals surface area (Å²) in [5.41, 5.74) is 5.58. The van der Waals surface area contributed by atoms with E-state index in [4.69, 9.17) is 5.73 Å². The van der Waals surface area contributed by atoms with Crippen LogP contribution in [0.15, 0.2) is 18.5 Å². The van der Waals surface area contributed by atoms with Gasteiger partial charge in [-0.3, -0.25) is 4.90 Å². The lowest BCUT2D eigenvalue weighted by atomic mass is 10.3. The van der Waals surface area contributed by atoms with Gasteiger partial charge in [-0.15, -0.1) is 22.6 Å². The first-order valence-corrected chi connectivity index (χ1v) is 7.45. The van der Waals surface area contributed by atoms with Gasteiger partial charge in [-0.25, -0.2) is 9.97 Å². The molecule has 9 heteroatoms. The number of anilines is 2. The van der Waals surface area contributed by atoms with Crippen LogP contribution in [0.4, 0.5) is 11.1 Å². The van der Waals surface area contributed by atoms with Crippen LogP contribution >= 0.6 is 23.7 Å². The molecule has 3 rings (SSSR count). The smallest absolute Gasteiger partial charge is 0.225 e. The highest BCUT2D eigenvalue weighted by Gasteiger charge is 2.18. The standard InChI is InChI=1S/C12H17N7S.ClH/c13-11-17-16-10(20-11)2-5-18-6-8-19(9-7-18)12-14-3-1-4-15-12;/h1,3-4H,2,5-9H2,(H2,13,17);1H. The second kappa shape index (κ2) is 7.48. The lowest BCUT2D eigenvalue weighted by molar-refractivity contribution is 0.259. The predicted octanol–water partition coefficient (Wildman–Crippen LogP) is 0.697. The third-order valence-corrected chi connectivity index (χ3v) is 4.14. The lowest BCUT2D eigenvalue weighted by Gasteiger charge is -2.34. The van der Waals surface area contributed by atoms with E-state index in [0.29, 0.717) is 5.13 Å². The average Bonchev–Trinajstić information content (AvgIpc) is 2.92. The van der Waals surface area contributed by atoms with Crippen molar-refractivity contribution in [1.82, 2.24) is 25.1 Å². The molecule has 7 nitrogen and oxygen atoms in total. The molecule has 1 aliphatic heterocycles. The van der Waals surface area contributed by atoms with Crippen LogP contribution in [0, 0.1) is 0 Å². The molecule has 0 amide bonds. The van der Waals surface area contributed by atoms with E-state index in [9.17, 15) is 0 Å². The fraction of sp³-hybridized carbons (Fsp3) is 0.500. The molecule has 21 heavy (non-hydrogen) atoms. The zero-order valence-corrected chi connectivity index (χ0v) is 13.2. The maximum absolute atomic E-state index is 5.58. The summed E-state index contributed by atoms with van der Waals surface area (Å²) in [5, 5.41) is 9.44. The summed E-state index contributed by atoms with van der Waals surface area (Å²) in [6, 6.07) is 1.84. The predicted molar refractivity (Wildman–Crippen MR) is 86.0 cm³/mol. The Hall–Kier alpha value is -1.51. The molecule has 0 bridgehead atoms. The van der Waals surface area contributed by atoms with Crippen molar-refractivity contribution in [3.05, 3.63) is 23.5 Å². The molecule has 2 N–H and O–H groups in total. The number of hydrogen-bond donors (Lipinski definition) is 1. The minimum Gasteiger partial charge on any atom is -0.374 e. The minimum absolute atomic E-state index is 0. The molecular weight excluding hydrogens is 310 g/mol. The van der Waals surface area contributed by atoms with E-state index in [-0.39, 0.29) is 12.4 Å². The minimum atomic E-state index is 0. The van der Waals surface area contributed by atoms with Crippen LogP contribution in [0.2, 0.25) is 0 Å². The van der Waals surface area contributed by atoms with Gasteiger partial charge < -0.3 is 10.6 Å². The van der Waals surface area contributed by atoms with E-state index < -0.39 is 0 Å². The summed E-state index contributed by atoms with van der Waals surface area (Å²) < 4.78 is 0. The highest BCUT2D eigenvalue weighted by molar-refractivity contribution is 7.15. The molecule has 0 aliphatic carbocycles. The van der Waals surface area contributed by atoms with E-state index in [2.05, 4.69) is 30.0 Å². The number of aromatic nitrogens is 4. The molecule has 2 aromatic heterocycles. The first kappa shape index (κ1) is 15.9. The van der Waals surface area contributed by atoms with E-state index in [0.717, 1.165) is 50.1 Å². The number of nitrogen functional groups attached to an aromatic ring is 1. The van der Waals surface area contributed by atoms with Crippen molar-refractivity contribution in [1.29, 1.82) is 0 Å². The van der Waals surface area contributed by atoms with Gasteiger partial charge >= 0.3 is 0 Å². The summed E-state index contributed by atoms with van der Waals surface area (Å²) in [5.74, 6) is 0.823. The molecule has 3 heterocycles. The molecule has 0 unspecified atom stereocenters. The zero-order chi connectivity index (χ0) is 13.8. The Balaban J connectivity index is 0.00000161. The Bertz CT molecular complexity index is 542. The molecule has 1 fully saturated rings. The van der Waals surface area contributed by atoms with E-state index in [1.165, 1.54) is 11.3 Å². The number of halogens is 1. The van der Waals surface area contributed by atoms with E-state index in [1.807, 2.05) is 6.07 Å². The second-order valence-corrected chi connectivity index (χ2v) is 5.76. The van der Waals surface area contributed by atoms with Crippen molar-refractivity contribution < 1.29 is 0 Å². The maximum atomic E-state index is 5.58. The molecule has 114 valence electrons. The van der Waals surface area contributed by atoms with Gasteiger partial charge in [0.2, 0.25) is 11.1 Å². The van der Waals surface area contributed by atoms with E-state index >= 15 is 0 Å². The topological polar surface area (TPSA) is 84.1 Å². The van der Waals surface area contributed by atoms with Crippen LogP contribution in [0.1, 0.15) is 5.01 Å². The van der Waals surface area contributed by atoms with Crippen molar-refractivity contribution in [3.63, 3.8) is 0 Å². The molecule has 0 radical (unpaired) electrons. The van der Waals surface area contributed by atoms with Crippen LogP contribution in [-0.4, -0.2) is 57.8 Å². The third kappa shape index (κ3) is 4.23. The zero-order valence-electron chi connectivity index (χ0n) is 11.6. The monoisotopic (exact) mass is 327 g/mol. The van der Waals surface area contributed by atoms with Gasteiger partial charge in [-0.05, 0) is 6.07 Å². The largest absolute Gasteiger partial charge is 0.374 e. The van der Waals surface area contributed by atoms with Crippen LogP contribution in [0.5, 0.6) is 0 Å². The number of hydrogen-bond acceptors (Lipinski definition) is 8. The number of rotatable bonds is 4. The molecule has 1 aliphatic rings. The van der Waals surface area contributed by atoms with Crippen LogP contribution in [-0.2, 0) is 6.42 Å². The van der Waals surface area contributed by atoms with Gasteiger partial charge in [0, 0.05) is 51.5 Å². The number of piperazine rings is 1. The highest BCUT2D eigenvalue weighted by atomic mass is 35.5. The molecule has 0 spiro atoms. The first-order chi connectivity index (χ1) is 9.81. The van der Waals surface area contributed by atoms with Crippen LogP contribution in [0.3, 0.4) is 0 Å². The van der Waals surface area contributed by atoms with Gasteiger partial charge in [-0.1, -0.05) is 11.3 Å². The fourth-order valence-electron chi connectivity index (χ4n) is 2.25. The first-order valence-electron chi connectivity index (χ1n) is 6.63. The Labute approximate surface area is 133 Å². The van der Waals surface area contributed by atoms with Crippen molar-refractivity contribution >= 4 is 34.8 Å². The maximum Gasteiger partial charge on any atom is 0.225 e. The quantitative estimate of drug-likeness (QED) is 0.884. The summed E-state index contributed by atoms with van der Waals surface area (Å²) in [6.45, 7) is 4.96. The molecule has 1 saturated heterocycles. The molecule has 0 saturated carbocycles. The van der Waals surface area contributed by atoms with E-state index in [1.54, 1.807) is 12.4 Å². The van der Waals surface area contributed by atoms with Crippen molar-refractivity contribution in [3.8, 4) is 0 Å². The fourth-order valence-corrected chi connectivity index (χ4v) is 2.85. The molecular formula is C12H18ClN7S. The van der Waals surface area contributed by atoms with Crippen molar-refractivity contribution in [2.24, 2.45) is 0 Å². The Morgan fingerprint density at radius 3 is 2.43 bits per heavy atom. The van der Waals surface area contributed by atoms with Crippen LogP contribution in [0.25, 0.3) is 0 Å². The average molecular weight is 328 g/mol. The summed E-state index contributed by atoms with van der Waals surface area (Å²) in [7, 11) is 0. The second-order valence-electron chi connectivity index (χ2n) is 4.66. The lowest BCUT2D eigenvalue weighted by Crippen LogP contribution is -2.47. The molecule has 2 aromatic rings.